The number of nitrogens with one attached hydrogen (secondary N) is 1. The largest absolute Gasteiger partial charge is 0.448 e. The maximum absolute atomic E-state index is 12.0. The van der Waals surface area contributed by atoms with Crippen LogP contribution < -0.4 is 5.32 Å². The number of esters is 1. The van der Waals surface area contributed by atoms with Crippen LogP contribution in [0, 0.1) is 0 Å². The summed E-state index contributed by atoms with van der Waals surface area (Å²) in [7, 11) is 0. The number of pyridine rings is 1. The van der Waals surface area contributed by atoms with Crippen molar-refractivity contribution in [2.24, 2.45) is 0 Å². The predicted molar refractivity (Wildman–Crippen MR) is 84.2 cm³/mol. The lowest BCUT2D eigenvalue weighted by molar-refractivity contribution is -0.123. The lowest BCUT2D eigenvalue weighted by Crippen LogP contribution is -2.30. The first-order chi connectivity index (χ1) is 10.5. The highest BCUT2D eigenvalue weighted by Gasteiger charge is 2.19. The Labute approximate surface area is 137 Å². The monoisotopic (exact) mass is 338 g/mol. The van der Waals surface area contributed by atoms with E-state index < -0.39 is 18.0 Å². The fourth-order valence-corrected chi connectivity index (χ4v) is 2.15. The first kappa shape index (κ1) is 16.3. The van der Waals surface area contributed by atoms with Gasteiger partial charge in [-0.05, 0) is 37.3 Å². The molecule has 1 atom stereocenters. The Balaban J connectivity index is 1.99. The summed E-state index contributed by atoms with van der Waals surface area (Å²) < 4.78 is 5.05. The third kappa shape index (κ3) is 4.44. The number of halogens is 2. The zero-order valence-corrected chi connectivity index (χ0v) is 13.1. The van der Waals surface area contributed by atoms with Gasteiger partial charge in [0.1, 0.15) is 5.69 Å². The highest BCUT2D eigenvalue weighted by atomic mass is 35.5. The number of carbonyl (C=O) groups is 2. The fraction of sp³-hybridized carbons (Fsp3) is 0.133. The molecule has 5 nitrogen and oxygen atoms in total. The zero-order chi connectivity index (χ0) is 16.1. The topological polar surface area (TPSA) is 68.3 Å². The van der Waals surface area contributed by atoms with E-state index in [0.717, 1.165) is 0 Å². The molecule has 7 heteroatoms. The Morgan fingerprint density at radius 2 is 1.86 bits per heavy atom. The maximum atomic E-state index is 12.0. The van der Waals surface area contributed by atoms with E-state index in [2.05, 4.69) is 10.3 Å². The summed E-state index contributed by atoms with van der Waals surface area (Å²) in [5.41, 5.74) is 0.552. The number of hydrogen-bond acceptors (Lipinski definition) is 4. The molecule has 1 N–H and O–H groups in total. The third-order valence-corrected chi connectivity index (χ3v) is 3.09. The van der Waals surface area contributed by atoms with Crippen molar-refractivity contribution in [3.8, 4) is 0 Å². The minimum atomic E-state index is -0.993. The second kappa shape index (κ2) is 7.24. The normalized spacial score (nSPS) is 11.6. The quantitative estimate of drug-likeness (QED) is 0.865. The van der Waals surface area contributed by atoms with E-state index in [1.54, 1.807) is 30.3 Å². The summed E-state index contributed by atoms with van der Waals surface area (Å²) >= 11 is 11.7. The van der Waals surface area contributed by atoms with Crippen LogP contribution in [0.25, 0.3) is 0 Å². The molecule has 0 aliphatic rings. The molecule has 1 aromatic heterocycles. The van der Waals surface area contributed by atoms with Crippen molar-refractivity contribution in [2.75, 3.05) is 5.32 Å². The molecule has 0 saturated heterocycles. The van der Waals surface area contributed by atoms with Crippen LogP contribution in [-0.4, -0.2) is 23.0 Å². The van der Waals surface area contributed by atoms with Crippen LogP contribution in [0.2, 0.25) is 10.0 Å². The highest BCUT2D eigenvalue weighted by Crippen LogP contribution is 2.22. The number of benzene rings is 1. The number of hydrogen-bond donors (Lipinski definition) is 1. The molecule has 0 radical (unpaired) electrons. The van der Waals surface area contributed by atoms with Crippen molar-refractivity contribution in [2.45, 2.75) is 13.0 Å². The number of rotatable bonds is 4. The second-order valence-corrected chi connectivity index (χ2v) is 5.28. The maximum Gasteiger partial charge on any atom is 0.357 e. The molecule has 0 bridgehead atoms. The molecule has 1 heterocycles. The molecule has 1 aromatic carbocycles. The highest BCUT2D eigenvalue weighted by molar-refractivity contribution is 6.35. The van der Waals surface area contributed by atoms with Crippen LogP contribution in [0.5, 0.6) is 0 Å². The Morgan fingerprint density at radius 3 is 2.45 bits per heavy atom. The molecule has 1 amide bonds. The molecule has 0 spiro atoms. The first-order valence-electron chi connectivity index (χ1n) is 6.34. The van der Waals surface area contributed by atoms with Gasteiger partial charge in [0.05, 0.1) is 0 Å². The molecule has 0 fully saturated rings. The lowest BCUT2D eigenvalue weighted by Gasteiger charge is -2.13. The van der Waals surface area contributed by atoms with Crippen LogP contribution in [0.3, 0.4) is 0 Å². The van der Waals surface area contributed by atoms with E-state index in [1.807, 2.05) is 0 Å². The average molecular weight is 339 g/mol. The van der Waals surface area contributed by atoms with Crippen LogP contribution in [-0.2, 0) is 9.53 Å². The van der Waals surface area contributed by atoms with Crippen molar-refractivity contribution < 1.29 is 14.3 Å². The molecule has 114 valence electrons. The van der Waals surface area contributed by atoms with Gasteiger partial charge in [0.2, 0.25) is 0 Å². The van der Waals surface area contributed by atoms with Gasteiger partial charge in [-0.2, -0.15) is 0 Å². The molecule has 2 rings (SSSR count). The van der Waals surface area contributed by atoms with Crippen molar-refractivity contribution in [3.05, 3.63) is 58.3 Å². The summed E-state index contributed by atoms with van der Waals surface area (Å²) in [6.07, 6.45) is 0.474. The van der Waals surface area contributed by atoms with E-state index in [1.165, 1.54) is 19.2 Å². The van der Waals surface area contributed by atoms with Crippen LogP contribution in [0.1, 0.15) is 17.4 Å². The molecule has 2 aromatic rings. The van der Waals surface area contributed by atoms with Crippen molar-refractivity contribution in [1.29, 1.82) is 0 Å². The minimum Gasteiger partial charge on any atom is -0.448 e. The predicted octanol–water partition coefficient (Wildman–Crippen LogP) is 3.57. The van der Waals surface area contributed by atoms with Gasteiger partial charge < -0.3 is 10.1 Å². The molecule has 0 unspecified atom stereocenters. The van der Waals surface area contributed by atoms with Gasteiger partial charge >= 0.3 is 5.97 Å². The molecule has 0 saturated carbocycles. The van der Waals surface area contributed by atoms with Gasteiger partial charge in [-0.25, -0.2) is 9.78 Å². The molecule has 22 heavy (non-hydrogen) atoms. The third-order valence-electron chi connectivity index (χ3n) is 2.66. The number of nitrogens with zero attached hydrogens (tertiary/aromatic N) is 1. The molecular formula is C15H12Cl2N2O3. The standard InChI is InChI=1S/C15H12Cl2N2O3/c1-9(22-15(21)13-4-2-3-5-18-13)14(20)19-12-7-10(16)6-11(17)8-12/h2-9H,1H3,(H,19,20)/t9-/m1/s1. The average Bonchev–Trinajstić information content (AvgIpc) is 2.46. The van der Waals surface area contributed by atoms with Crippen molar-refractivity contribution >= 4 is 40.8 Å². The lowest BCUT2D eigenvalue weighted by atomic mass is 10.3. The summed E-state index contributed by atoms with van der Waals surface area (Å²) in [6, 6.07) is 9.46. The van der Waals surface area contributed by atoms with Gasteiger partial charge in [-0.3, -0.25) is 4.79 Å². The first-order valence-corrected chi connectivity index (χ1v) is 7.10. The van der Waals surface area contributed by atoms with Gasteiger partial charge in [0.15, 0.2) is 6.10 Å². The molecule has 0 aliphatic heterocycles. The summed E-state index contributed by atoms with van der Waals surface area (Å²) in [4.78, 5) is 27.7. The Kier molecular flexibility index (Phi) is 5.35. The van der Waals surface area contributed by atoms with Gasteiger partial charge in [-0.1, -0.05) is 29.3 Å². The number of amides is 1. The second-order valence-electron chi connectivity index (χ2n) is 4.41. The Morgan fingerprint density at radius 1 is 1.18 bits per heavy atom. The number of anilines is 1. The van der Waals surface area contributed by atoms with Crippen LogP contribution in [0.4, 0.5) is 5.69 Å². The van der Waals surface area contributed by atoms with Gasteiger partial charge in [0.25, 0.3) is 5.91 Å². The van der Waals surface area contributed by atoms with Crippen LogP contribution >= 0.6 is 23.2 Å². The van der Waals surface area contributed by atoms with E-state index in [4.69, 9.17) is 27.9 Å². The van der Waals surface area contributed by atoms with Crippen LogP contribution in [0.15, 0.2) is 42.6 Å². The smallest absolute Gasteiger partial charge is 0.357 e. The Bertz CT molecular complexity index is 672. The SMILES string of the molecule is C[C@@H](OC(=O)c1ccccn1)C(=O)Nc1cc(Cl)cc(Cl)c1. The fourth-order valence-electron chi connectivity index (χ4n) is 1.63. The van der Waals surface area contributed by atoms with E-state index >= 15 is 0 Å². The van der Waals surface area contributed by atoms with Gasteiger partial charge in [-0.15, -0.1) is 0 Å². The zero-order valence-electron chi connectivity index (χ0n) is 11.5. The van der Waals surface area contributed by atoms with Crippen molar-refractivity contribution in [3.63, 3.8) is 0 Å². The molecule has 0 aliphatic carbocycles. The minimum absolute atomic E-state index is 0.132. The summed E-state index contributed by atoms with van der Waals surface area (Å²) in [5.74, 6) is -1.17. The summed E-state index contributed by atoms with van der Waals surface area (Å²) in [5, 5.41) is 3.35. The number of carbonyl (C=O) groups excluding carboxylic acids is 2. The van der Waals surface area contributed by atoms with Gasteiger partial charge in [0, 0.05) is 21.9 Å². The van der Waals surface area contributed by atoms with E-state index in [0.29, 0.717) is 15.7 Å². The van der Waals surface area contributed by atoms with E-state index in [9.17, 15) is 9.59 Å². The summed E-state index contributed by atoms with van der Waals surface area (Å²) in [6.45, 7) is 1.46. The number of ether oxygens (including phenoxy) is 1. The van der Waals surface area contributed by atoms with E-state index in [-0.39, 0.29) is 5.69 Å². The number of aromatic nitrogens is 1. The molecular weight excluding hydrogens is 327 g/mol. The Hall–Kier alpha value is -2.11. The van der Waals surface area contributed by atoms with Crippen molar-refractivity contribution in [1.82, 2.24) is 4.98 Å².